The molecule has 10 aromatic carbocycles. The second kappa shape index (κ2) is 17.5. The van der Waals surface area contributed by atoms with Crippen LogP contribution < -0.4 is 0 Å². The quantitative estimate of drug-likeness (QED) is 0.144. The summed E-state index contributed by atoms with van der Waals surface area (Å²) in [4.78, 5) is 10.3. The van der Waals surface area contributed by atoms with E-state index in [1.54, 1.807) is 0 Å². The molecule has 0 fully saturated rings. The van der Waals surface area contributed by atoms with Crippen LogP contribution in [0.15, 0.2) is 255 Å². The molecular formula is C67H48N2. The van der Waals surface area contributed by atoms with E-state index in [0.717, 1.165) is 55.9 Å². The van der Waals surface area contributed by atoms with Gasteiger partial charge in [0, 0.05) is 22.1 Å². The van der Waals surface area contributed by atoms with Crippen LogP contribution in [0.4, 0.5) is 0 Å². The van der Waals surface area contributed by atoms with Gasteiger partial charge in [0.05, 0.1) is 11.4 Å². The first-order valence-electron chi connectivity index (χ1n) is 23.8. The molecule has 1 aliphatic rings. The van der Waals surface area contributed by atoms with Crippen molar-refractivity contribution in [3.63, 3.8) is 0 Å². The summed E-state index contributed by atoms with van der Waals surface area (Å²) in [6.07, 6.45) is 0. The third kappa shape index (κ3) is 7.48. The summed E-state index contributed by atoms with van der Waals surface area (Å²) in [6.45, 7) is 4.75. The van der Waals surface area contributed by atoms with Gasteiger partial charge < -0.3 is 0 Å². The van der Waals surface area contributed by atoms with E-state index in [2.05, 4.69) is 244 Å². The molecule has 0 amide bonds. The molecule has 0 saturated carbocycles. The van der Waals surface area contributed by atoms with E-state index in [0.29, 0.717) is 5.82 Å². The number of hydrogen-bond donors (Lipinski definition) is 0. The van der Waals surface area contributed by atoms with Crippen LogP contribution in [0.1, 0.15) is 25.0 Å². The Kier molecular flexibility index (Phi) is 10.6. The molecule has 0 bridgehead atoms. The Balaban J connectivity index is 1.19. The molecule has 0 unspecified atom stereocenters. The number of hydrogen-bond acceptors (Lipinski definition) is 2. The van der Waals surface area contributed by atoms with Gasteiger partial charge in [-0.05, 0) is 101 Å². The van der Waals surface area contributed by atoms with E-state index >= 15 is 0 Å². The zero-order chi connectivity index (χ0) is 46.3. The number of nitrogens with zero attached hydrogens (tertiary/aromatic N) is 2. The van der Waals surface area contributed by atoms with Crippen molar-refractivity contribution in [3.8, 4) is 112 Å². The maximum Gasteiger partial charge on any atom is 0.160 e. The highest BCUT2D eigenvalue weighted by molar-refractivity contribution is 6.15. The van der Waals surface area contributed by atoms with E-state index in [1.807, 2.05) is 24.3 Å². The molecule has 2 nitrogen and oxygen atoms in total. The van der Waals surface area contributed by atoms with E-state index in [4.69, 9.17) is 9.97 Å². The summed E-state index contributed by atoms with van der Waals surface area (Å²) >= 11 is 0. The summed E-state index contributed by atoms with van der Waals surface area (Å²) in [5.41, 5.74) is 24.0. The van der Waals surface area contributed by atoms with Crippen LogP contribution in [0.25, 0.3) is 112 Å². The Hall–Kier alpha value is -8.72. The summed E-state index contributed by atoms with van der Waals surface area (Å²) in [7, 11) is 0. The van der Waals surface area contributed by atoms with Gasteiger partial charge in [-0.1, -0.05) is 257 Å². The van der Waals surface area contributed by atoms with Crippen molar-refractivity contribution < 1.29 is 0 Å². The van der Waals surface area contributed by atoms with Crippen molar-refractivity contribution in [2.24, 2.45) is 0 Å². The lowest BCUT2D eigenvalue weighted by Crippen LogP contribution is -2.15. The Morgan fingerprint density at radius 2 is 0.551 bits per heavy atom. The molecule has 2 heteroatoms. The fraction of sp³-hybridized carbons (Fsp3) is 0.0448. The van der Waals surface area contributed by atoms with Gasteiger partial charge in [0.1, 0.15) is 0 Å². The Morgan fingerprint density at radius 3 is 1.00 bits per heavy atom. The molecule has 69 heavy (non-hydrogen) atoms. The Bertz CT molecular complexity index is 3560. The molecule has 1 aromatic heterocycles. The minimum absolute atomic E-state index is 0.186. The highest BCUT2D eigenvalue weighted by Gasteiger charge is 2.36. The second-order valence-electron chi connectivity index (χ2n) is 18.4. The van der Waals surface area contributed by atoms with Gasteiger partial charge in [-0.2, -0.15) is 0 Å². The first-order valence-corrected chi connectivity index (χ1v) is 23.8. The summed E-state index contributed by atoms with van der Waals surface area (Å²) in [5.74, 6) is 0.697. The summed E-state index contributed by atoms with van der Waals surface area (Å²) in [6, 6.07) is 92.1. The van der Waals surface area contributed by atoms with Crippen LogP contribution >= 0.6 is 0 Å². The van der Waals surface area contributed by atoms with Gasteiger partial charge in [-0.15, -0.1) is 0 Å². The first-order chi connectivity index (χ1) is 34.0. The van der Waals surface area contributed by atoms with Crippen molar-refractivity contribution in [2.75, 3.05) is 0 Å². The van der Waals surface area contributed by atoms with Crippen LogP contribution in [0.5, 0.6) is 0 Å². The van der Waals surface area contributed by atoms with Gasteiger partial charge in [-0.3, -0.25) is 0 Å². The van der Waals surface area contributed by atoms with Crippen LogP contribution in [-0.2, 0) is 5.41 Å². The van der Waals surface area contributed by atoms with Crippen molar-refractivity contribution in [1.82, 2.24) is 9.97 Å². The molecular weight excluding hydrogens is 833 g/mol. The molecule has 0 N–H and O–H groups in total. The average Bonchev–Trinajstić information content (AvgIpc) is 3.66. The standard InChI is InChI=1S/C67H48N2/c1-67(2)56-36-22-21-35-54(56)55-42-41-53(43-57(55)67)65-62(49-29-15-6-16-30-49)60(47-25-11-4-12-26-47)61(48-27-13-5-14-28-48)64(63(65)50-31-17-7-18-32-50)51-39-37-46(38-40-51)59-44-58(45-23-9-3-10-24-45)68-66(69-59)52-33-19-8-20-34-52/h3-44H,1-2H3. The predicted octanol–water partition coefficient (Wildman–Crippen LogP) is 17.8. The Morgan fingerprint density at radius 1 is 0.246 bits per heavy atom. The smallest absolute Gasteiger partial charge is 0.160 e. The topological polar surface area (TPSA) is 25.8 Å². The lowest BCUT2D eigenvalue weighted by Gasteiger charge is -2.29. The number of fused-ring (bicyclic) bond motifs is 3. The minimum Gasteiger partial charge on any atom is -0.228 e. The van der Waals surface area contributed by atoms with Crippen LogP contribution in [-0.4, -0.2) is 9.97 Å². The number of aromatic nitrogens is 2. The number of benzene rings is 10. The van der Waals surface area contributed by atoms with Gasteiger partial charge >= 0.3 is 0 Å². The maximum absolute atomic E-state index is 5.23. The van der Waals surface area contributed by atoms with Crippen molar-refractivity contribution in [1.29, 1.82) is 0 Å². The van der Waals surface area contributed by atoms with Crippen molar-refractivity contribution >= 4 is 0 Å². The predicted molar refractivity (Wildman–Crippen MR) is 289 cm³/mol. The maximum atomic E-state index is 5.23. The SMILES string of the molecule is CC1(C)c2ccccc2-c2ccc(-c3c(-c4ccccc4)c(-c4ccccc4)c(-c4ccccc4)c(-c4ccc(-c5cc(-c6ccccc6)nc(-c6ccccc6)n5)cc4)c3-c3ccccc3)cc21. The third-order valence-electron chi connectivity index (χ3n) is 13.9. The van der Waals surface area contributed by atoms with Crippen LogP contribution in [0.3, 0.4) is 0 Å². The molecule has 0 radical (unpaired) electrons. The molecule has 0 spiro atoms. The summed E-state index contributed by atoms with van der Waals surface area (Å²) < 4.78 is 0. The molecule has 326 valence electrons. The van der Waals surface area contributed by atoms with Crippen LogP contribution in [0.2, 0.25) is 0 Å². The first kappa shape index (κ1) is 41.7. The van der Waals surface area contributed by atoms with E-state index in [1.165, 1.54) is 61.2 Å². The molecule has 11 aromatic rings. The highest BCUT2D eigenvalue weighted by Crippen LogP contribution is 2.57. The van der Waals surface area contributed by atoms with E-state index in [9.17, 15) is 0 Å². The zero-order valence-electron chi connectivity index (χ0n) is 38.6. The molecule has 12 rings (SSSR count). The Labute approximate surface area is 405 Å². The number of rotatable bonds is 9. The van der Waals surface area contributed by atoms with E-state index < -0.39 is 0 Å². The minimum atomic E-state index is -0.186. The lowest BCUT2D eigenvalue weighted by atomic mass is 9.73. The second-order valence-corrected chi connectivity index (χ2v) is 18.4. The fourth-order valence-corrected chi connectivity index (χ4v) is 10.6. The summed E-state index contributed by atoms with van der Waals surface area (Å²) in [5, 5.41) is 0. The van der Waals surface area contributed by atoms with Gasteiger partial charge in [-0.25, -0.2) is 9.97 Å². The molecule has 1 heterocycles. The molecule has 1 aliphatic carbocycles. The third-order valence-corrected chi connectivity index (χ3v) is 13.9. The normalized spacial score (nSPS) is 12.3. The van der Waals surface area contributed by atoms with Gasteiger partial charge in [0.15, 0.2) is 5.82 Å². The zero-order valence-corrected chi connectivity index (χ0v) is 38.6. The average molecular weight is 881 g/mol. The fourth-order valence-electron chi connectivity index (χ4n) is 10.6. The molecule has 0 atom stereocenters. The van der Waals surface area contributed by atoms with E-state index in [-0.39, 0.29) is 5.41 Å². The van der Waals surface area contributed by atoms with Gasteiger partial charge in [0.2, 0.25) is 0 Å². The van der Waals surface area contributed by atoms with Gasteiger partial charge in [0.25, 0.3) is 0 Å². The lowest BCUT2D eigenvalue weighted by molar-refractivity contribution is 0.660. The monoisotopic (exact) mass is 880 g/mol. The van der Waals surface area contributed by atoms with Crippen molar-refractivity contribution in [3.05, 3.63) is 266 Å². The highest BCUT2D eigenvalue weighted by atomic mass is 14.9. The molecule has 0 aliphatic heterocycles. The van der Waals surface area contributed by atoms with Crippen LogP contribution in [0, 0.1) is 0 Å². The largest absolute Gasteiger partial charge is 0.228 e. The molecule has 0 saturated heterocycles. The van der Waals surface area contributed by atoms with Crippen molar-refractivity contribution in [2.45, 2.75) is 19.3 Å².